The van der Waals surface area contributed by atoms with E-state index in [0.717, 1.165) is 28.8 Å². The molecular formula is C16H18BrNO2S. The number of nitrogens with one attached hydrogen (secondary N) is 1. The van der Waals surface area contributed by atoms with Crippen molar-refractivity contribution in [2.45, 2.75) is 18.6 Å². The van der Waals surface area contributed by atoms with Crippen LogP contribution in [0.1, 0.15) is 17.7 Å². The zero-order chi connectivity index (χ0) is 14.9. The SMILES string of the molecule is O=C(CSCc1ccc(Br)cc1)NCCCc1ccco1. The van der Waals surface area contributed by atoms with Crippen LogP contribution in [0.15, 0.2) is 51.6 Å². The molecule has 1 heterocycles. The van der Waals surface area contributed by atoms with Gasteiger partial charge >= 0.3 is 0 Å². The third-order valence-electron chi connectivity index (χ3n) is 2.92. The van der Waals surface area contributed by atoms with E-state index in [0.29, 0.717) is 12.3 Å². The van der Waals surface area contributed by atoms with E-state index in [1.807, 2.05) is 24.3 Å². The van der Waals surface area contributed by atoms with Gasteiger partial charge < -0.3 is 9.73 Å². The zero-order valence-corrected chi connectivity index (χ0v) is 14.1. The van der Waals surface area contributed by atoms with Crippen LogP contribution in [0.5, 0.6) is 0 Å². The molecule has 0 saturated heterocycles. The molecule has 0 bridgehead atoms. The molecule has 2 rings (SSSR count). The van der Waals surface area contributed by atoms with E-state index in [9.17, 15) is 4.79 Å². The fourth-order valence-corrected chi connectivity index (χ4v) is 2.92. The van der Waals surface area contributed by atoms with Crippen LogP contribution < -0.4 is 5.32 Å². The van der Waals surface area contributed by atoms with Gasteiger partial charge in [0.05, 0.1) is 12.0 Å². The van der Waals surface area contributed by atoms with Crippen LogP contribution in [-0.4, -0.2) is 18.2 Å². The molecule has 5 heteroatoms. The minimum Gasteiger partial charge on any atom is -0.469 e. The summed E-state index contributed by atoms with van der Waals surface area (Å²) in [4.78, 5) is 11.7. The molecule has 0 saturated carbocycles. The molecule has 0 aliphatic carbocycles. The summed E-state index contributed by atoms with van der Waals surface area (Å²) in [5, 5.41) is 2.93. The molecule has 1 amide bonds. The van der Waals surface area contributed by atoms with Gasteiger partial charge in [-0.3, -0.25) is 4.79 Å². The first-order valence-corrected chi connectivity index (χ1v) is 8.80. The predicted molar refractivity (Wildman–Crippen MR) is 90.3 cm³/mol. The fourth-order valence-electron chi connectivity index (χ4n) is 1.84. The zero-order valence-electron chi connectivity index (χ0n) is 11.7. The van der Waals surface area contributed by atoms with Crippen molar-refractivity contribution >= 4 is 33.6 Å². The van der Waals surface area contributed by atoms with E-state index in [4.69, 9.17) is 4.42 Å². The van der Waals surface area contributed by atoms with Crippen LogP contribution >= 0.6 is 27.7 Å². The summed E-state index contributed by atoms with van der Waals surface area (Å²) < 4.78 is 6.32. The van der Waals surface area contributed by atoms with Crippen molar-refractivity contribution in [3.05, 3.63) is 58.5 Å². The Hall–Kier alpha value is -1.20. The summed E-state index contributed by atoms with van der Waals surface area (Å²) in [5.74, 6) is 2.41. The minimum atomic E-state index is 0.0940. The summed E-state index contributed by atoms with van der Waals surface area (Å²) in [6.07, 6.45) is 3.43. The summed E-state index contributed by atoms with van der Waals surface area (Å²) in [7, 11) is 0. The van der Waals surface area contributed by atoms with Crippen LogP contribution in [0.3, 0.4) is 0 Å². The molecule has 0 aliphatic rings. The normalized spacial score (nSPS) is 10.5. The molecule has 0 atom stereocenters. The number of aryl methyl sites for hydroxylation is 1. The Labute approximate surface area is 137 Å². The third-order valence-corrected chi connectivity index (χ3v) is 4.45. The number of hydrogen-bond donors (Lipinski definition) is 1. The Morgan fingerprint density at radius 1 is 1.24 bits per heavy atom. The lowest BCUT2D eigenvalue weighted by molar-refractivity contribution is -0.118. The lowest BCUT2D eigenvalue weighted by atomic mass is 10.2. The van der Waals surface area contributed by atoms with Gasteiger partial charge in [-0.05, 0) is 36.2 Å². The molecule has 3 nitrogen and oxygen atoms in total. The summed E-state index contributed by atoms with van der Waals surface area (Å²) >= 11 is 5.04. The third kappa shape index (κ3) is 6.40. The Balaban J connectivity index is 1.54. The molecule has 0 radical (unpaired) electrons. The number of halogens is 1. The second-order valence-electron chi connectivity index (χ2n) is 4.65. The maximum absolute atomic E-state index is 11.7. The Morgan fingerprint density at radius 2 is 2.05 bits per heavy atom. The van der Waals surface area contributed by atoms with Crippen molar-refractivity contribution in [3.63, 3.8) is 0 Å². The van der Waals surface area contributed by atoms with Crippen molar-refractivity contribution in [3.8, 4) is 0 Å². The summed E-state index contributed by atoms with van der Waals surface area (Å²) in [6.45, 7) is 0.693. The molecule has 0 fully saturated rings. The van der Waals surface area contributed by atoms with Crippen LogP contribution in [0.2, 0.25) is 0 Å². The largest absolute Gasteiger partial charge is 0.469 e. The van der Waals surface area contributed by atoms with Gasteiger partial charge in [-0.1, -0.05) is 28.1 Å². The van der Waals surface area contributed by atoms with Crippen LogP contribution in [0.25, 0.3) is 0 Å². The van der Waals surface area contributed by atoms with Gasteiger partial charge in [0.2, 0.25) is 5.91 Å². The van der Waals surface area contributed by atoms with Gasteiger partial charge in [0.25, 0.3) is 0 Å². The number of furan rings is 1. The van der Waals surface area contributed by atoms with Crippen LogP contribution in [0, 0.1) is 0 Å². The molecule has 0 spiro atoms. The lowest BCUT2D eigenvalue weighted by Gasteiger charge is -2.05. The Bertz CT molecular complexity index is 540. The monoisotopic (exact) mass is 367 g/mol. The molecule has 21 heavy (non-hydrogen) atoms. The lowest BCUT2D eigenvalue weighted by Crippen LogP contribution is -2.26. The average molecular weight is 368 g/mol. The maximum Gasteiger partial charge on any atom is 0.230 e. The fraction of sp³-hybridized carbons (Fsp3) is 0.312. The van der Waals surface area contributed by atoms with E-state index in [2.05, 4.69) is 33.4 Å². The predicted octanol–water partition coefficient (Wildman–Crippen LogP) is 4.02. The number of benzene rings is 1. The first-order valence-electron chi connectivity index (χ1n) is 6.85. The van der Waals surface area contributed by atoms with Gasteiger partial charge in [-0.2, -0.15) is 0 Å². The second-order valence-corrected chi connectivity index (χ2v) is 6.55. The van der Waals surface area contributed by atoms with Gasteiger partial charge in [0, 0.05) is 23.2 Å². The Kier molecular flexibility index (Phi) is 6.89. The topological polar surface area (TPSA) is 42.2 Å². The number of hydrogen-bond acceptors (Lipinski definition) is 3. The summed E-state index contributed by atoms with van der Waals surface area (Å²) in [6, 6.07) is 12.0. The van der Waals surface area contributed by atoms with E-state index in [-0.39, 0.29) is 5.91 Å². The molecule has 1 N–H and O–H groups in total. The van der Waals surface area contributed by atoms with Gasteiger partial charge in [-0.15, -0.1) is 11.8 Å². The minimum absolute atomic E-state index is 0.0940. The Morgan fingerprint density at radius 3 is 2.76 bits per heavy atom. The van der Waals surface area contributed by atoms with Crippen molar-refractivity contribution in [1.29, 1.82) is 0 Å². The highest BCUT2D eigenvalue weighted by Gasteiger charge is 2.02. The number of carbonyl (C=O) groups is 1. The molecule has 1 aromatic carbocycles. The van der Waals surface area contributed by atoms with Gasteiger partial charge in [-0.25, -0.2) is 0 Å². The number of thioether (sulfide) groups is 1. The highest BCUT2D eigenvalue weighted by Crippen LogP contribution is 2.15. The van der Waals surface area contributed by atoms with E-state index >= 15 is 0 Å². The molecule has 1 aromatic heterocycles. The number of amides is 1. The number of carbonyl (C=O) groups excluding carboxylic acids is 1. The maximum atomic E-state index is 11.7. The highest BCUT2D eigenvalue weighted by molar-refractivity contribution is 9.10. The van der Waals surface area contributed by atoms with Crippen LogP contribution in [-0.2, 0) is 17.0 Å². The quantitative estimate of drug-likeness (QED) is 0.716. The first kappa shape index (κ1) is 16.2. The first-order chi connectivity index (χ1) is 10.2. The van der Waals surface area contributed by atoms with Gasteiger partial charge in [0.1, 0.15) is 5.76 Å². The van der Waals surface area contributed by atoms with E-state index < -0.39 is 0 Å². The summed E-state index contributed by atoms with van der Waals surface area (Å²) in [5.41, 5.74) is 1.23. The second kappa shape index (κ2) is 8.95. The van der Waals surface area contributed by atoms with E-state index in [1.165, 1.54) is 5.56 Å². The molecule has 112 valence electrons. The van der Waals surface area contributed by atoms with Gasteiger partial charge in [0.15, 0.2) is 0 Å². The van der Waals surface area contributed by atoms with Crippen molar-refractivity contribution in [1.82, 2.24) is 5.32 Å². The molecule has 0 aliphatic heterocycles. The average Bonchev–Trinajstić information content (AvgIpc) is 2.99. The molecule has 2 aromatic rings. The molecular weight excluding hydrogens is 350 g/mol. The van der Waals surface area contributed by atoms with Crippen molar-refractivity contribution in [2.75, 3.05) is 12.3 Å². The molecule has 0 unspecified atom stereocenters. The van der Waals surface area contributed by atoms with Crippen molar-refractivity contribution < 1.29 is 9.21 Å². The van der Waals surface area contributed by atoms with Crippen LogP contribution in [0.4, 0.5) is 0 Å². The highest BCUT2D eigenvalue weighted by atomic mass is 79.9. The standard InChI is InChI=1S/C16H18BrNO2S/c17-14-7-5-13(6-8-14)11-21-12-16(19)18-9-1-3-15-4-2-10-20-15/h2,4-8,10H,1,3,9,11-12H2,(H,18,19). The van der Waals surface area contributed by atoms with Crippen molar-refractivity contribution in [2.24, 2.45) is 0 Å². The number of rotatable bonds is 8. The smallest absolute Gasteiger partial charge is 0.230 e. The van der Waals surface area contributed by atoms with E-state index in [1.54, 1.807) is 18.0 Å².